The molecule has 3 rings (SSSR count). The molecule has 142 valence electrons. The van der Waals surface area contributed by atoms with Crippen molar-refractivity contribution >= 4 is 33.5 Å². The standard InChI is InChI=1S/C19H21N3O3S2/c1-13-7-9-15(10-8-13)26-12-11-20-19(23)14(2)21-18-16-5-3-4-6-17(16)27(24,25)22-18/h3-10,14H,11-12H2,1-2H3,(H,20,23)(H,21,22)/t14-/m0/s1. The minimum atomic E-state index is -3.60. The number of thioether (sulfide) groups is 1. The summed E-state index contributed by atoms with van der Waals surface area (Å²) in [6.07, 6.45) is 0. The molecular weight excluding hydrogens is 382 g/mol. The SMILES string of the molecule is Cc1ccc(SCCNC(=O)[C@H](C)N=C2NS(=O)(=O)c3ccccc32)cc1. The van der Waals surface area contributed by atoms with E-state index in [4.69, 9.17) is 0 Å². The molecule has 0 spiro atoms. The Morgan fingerprint density at radius 2 is 1.89 bits per heavy atom. The van der Waals surface area contributed by atoms with Gasteiger partial charge in [-0.25, -0.2) is 8.42 Å². The first-order valence-corrected chi connectivity index (χ1v) is 11.0. The number of carbonyl (C=O) groups is 1. The Kier molecular flexibility index (Phi) is 5.86. The van der Waals surface area contributed by atoms with Gasteiger partial charge in [0.25, 0.3) is 10.0 Å². The molecular formula is C19H21N3O3S2. The third kappa shape index (κ3) is 4.70. The molecule has 8 heteroatoms. The first kappa shape index (κ1) is 19.4. The van der Waals surface area contributed by atoms with E-state index in [1.807, 2.05) is 6.92 Å². The molecule has 2 aromatic carbocycles. The maximum Gasteiger partial charge on any atom is 0.263 e. The predicted octanol–water partition coefficient (Wildman–Crippen LogP) is 2.33. The third-order valence-electron chi connectivity index (χ3n) is 4.06. The van der Waals surface area contributed by atoms with E-state index in [9.17, 15) is 13.2 Å². The van der Waals surface area contributed by atoms with Crippen LogP contribution in [0.2, 0.25) is 0 Å². The van der Waals surface area contributed by atoms with Gasteiger partial charge in [-0.15, -0.1) is 11.8 Å². The Hall–Kier alpha value is -2.32. The maximum atomic E-state index is 12.3. The predicted molar refractivity (Wildman–Crippen MR) is 108 cm³/mol. The minimum Gasteiger partial charge on any atom is -0.353 e. The smallest absolute Gasteiger partial charge is 0.263 e. The fourth-order valence-electron chi connectivity index (χ4n) is 2.61. The van der Waals surface area contributed by atoms with Gasteiger partial charge in [0.2, 0.25) is 5.91 Å². The third-order valence-corrected chi connectivity index (χ3v) is 6.47. The van der Waals surface area contributed by atoms with E-state index < -0.39 is 16.1 Å². The van der Waals surface area contributed by atoms with Crippen LogP contribution >= 0.6 is 11.8 Å². The number of rotatable bonds is 6. The molecule has 2 N–H and O–H groups in total. The largest absolute Gasteiger partial charge is 0.353 e. The Balaban J connectivity index is 1.55. The first-order chi connectivity index (χ1) is 12.9. The number of sulfonamides is 1. The van der Waals surface area contributed by atoms with Crippen LogP contribution in [0.3, 0.4) is 0 Å². The summed E-state index contributed by atoms with van der Waals surface area (Å²) < 4.78 is 26.6. The second-order valence-corrected chi connectivity index (χ2v) is 9.03. The lowest BCUT2D eigenvalue weighted by Crippen LogP contribution is -2.35. The Morgan fingerprint density at radius 3 is 2.63 bits per heavy atom. The molecule has 0 fully saturated rings. The monoisotopic (exact) mass is 403 g/mol. The second-order valence-electron chi connectivity index (χ2n) is 6.21. The number of nitrogens with one attached hydrogen (secondary N) is 2. The topological polar surface area (TPSA) is 87.6 Å². The molecule has 1 heterocycles. The van der Waals surface area contributed by atoms with Gasteiger partial charge in [-0.3, -0.25) is 14.5 Å². The van der Waals surface area contributed by atoms with E-state index >= 15 is 0 Å². The van der Waals surface area contributed by atoms with Crippen molar-refractivity contribution in [1.29, 1.82) is 0 Å². The average Bonchev–Trinajstić information content (AvgIpc) is 2.90. The molecule has 1 aliphatic heterocycles. The fraction of sp³-hybridized carbons (Fsp3) is 0.263. The van der Waals surface area contributed by atoms with Crippen molar-refractivity contribution in [1.82, 2.24) is 10.0 Å². The van der Waals surface area contributed by atoms with Gasteiger partial charge in [0, 0.05) is 22.8 Å². The summed E-state index contributed by atoms with van der Waals surface area (Å²) in [6, 6.07) is 14.1. The molecule has 6 nitrogen and oxygen atoms in total. The molecule has 1 aliphatic rings. The number of fused-ring (bicyclic) bond motifs is 1. The number of hydrogen-bond donors (Lipinski definition) is 2. The first-order valence-electron chi connectivity index (χ1n) is 8.54. The molecule has 0 unspecified atom stereocenters. The zero-order valence-electron chi connectivity index (χ0n) is 15.1. The van der Waals surface area contributed by atoms with E-state index in [1.165, 1.54) is 11.6 Å². The highest BCUT2D eigenvalue weighted by atomic mass is 32.2. The molecule has 27 heavy (non-hydrogen) atoms. The number of carbonyl (C=O) groups excluding carboxylic acids is 1. The Labute approximate surface area is 163 Å². The molecule has 1 amide bonds. The van der Waals surface area contributed by atoms with Crippen molar-refractivity contribution in [3.05, 3.63) is 59.7 Å². The number of nitrogens with zero attached hydrogens (tertiary/aromatic N) is 1. The highest BCUT2D eigenvalue weighted by molar-refractivity contribution is 7.99. The molecule has 0 saturated heterocycles. The van der Waals surface area contributed by atoms with Gasteiger partial charge in [-0.2, -0.15) is 0 Å². The van der Waals surface area contributed by atoms with Crippen LogP contribution < -0.4 is 10.0 Å². The Bertz CT molecular complexity index is 970. The van der Waals surface area contributed by atoms with Gasteiger partial charge in [0.1, 0.15) is 11.9 Å². The quantitative estimate of drug-likeness (QED) is 0.572. The van der Waals surface area contributed by atoms with Crippen LogP contribution in [-0.4, -0.2) is 38.5 Å². The highest BCUT2D eigenvalue weighted by Crippen LogP contribution is 2.22. The van der Waals surface area contributed by atoms with Crippen LogP contribution in [0.4, 0.5) is 0 Å². The van der Waals surface area contributed by atoms with Crippen molar-refractivity contribution < 1.29 is 13.2 Å². The van der Waals surface area contributed by atoms with Crippen LogP contribution in [-0.2, 0) is 14.8 Å². The van der Waals surface area contributed by atoms with Gasteiger partial charge in [0.05, 0.1) is 4.90 Å². The van der Waals surface area contributed by atoms with Gasteiger partial charge < -0.3 is 5.32 Å². The summed E-state index contributed by atoms with van der Waals surface area (Å²) in [7, 11) is -3.60. The van der Waals surface area contributed by atoms with Crippen LogP contribution in [0.25, 0.3) is 0 Å². The van der Waals surface area contributed by atoms with Crippen LogP contribution in [0.1, 0.15) is 18.1 Å². The van der Waals surface area contributed by atoms with E-state index in [2.05, 4.69) is 39.3 Å². The summed E-state index contributed by atoms with van der Waals surface area (Å²) in [5.41, 5.74) is 1.71. The maximum absolute atomic E-state index is 12.3. The molecule has 0 aliphatic carbocycles. The molecule has 2 aromatic rings. The number of benzene rings is 2. The zero-order valence-corrected chi connectivity index (χ0v) is 16.7. The van der Waals surface area contributed by atoms with Gasteiger partial charge in [-0.1, -0.05) is 29.8 Å². The zero-order chi connectivity index (χ0) is 19.4. The number of amidine groups is 1. The van der Waals surface area contributed by atoms with Crippen LogP contribution in [0.5, 0.6) is 0 Å². The molecule has 0 radical (unpaired) electrons. The van der Waals surface area contributed by atoms with Crippen LogP contribution in [0, 0.1) is 6.92 Å². The summed E-state index contributed by atoms with van der Waals surface area (Å²) in [5.74, 6) is 0.714. The van der Waals surface area contributed by atoms with E-state index in [1.54, 1.807) is 36.9 Å². The lowest BCUT2D eigenvalue weighted by molar-refractivity contribution is -0.121. The summed E-state index contributed by atoms with van der Waals surface area (Å²) in [4.78, 5) is 17.9. The van der Waals surface area contributed by atoms with Crippen molar-refractivity contribution in [3.8, 4) is 0 Å². The van der Waals surface area contributed by atoms with Crippen molar-refractivity contribution in [3.63, 3.8) is 0 Å². The number of hydrogen-bond acceptors (Lipinski definition) is 5. The summed E-state index contributed by atoms with van der Waals surface area (Å²) in [6.45, 7) is 4.19. The van der Waals surface area contributed by atoms with Crippen molar-refractivity contribution in [2.75, 3.05) is 12.3 Å². The van der Waals surface area contributed by atoms with Gasteiger partial charge in [-0.05, 0) is 38.1 Å². The van der Waals surface area contributed by atoms with Gasteiger partial charge >= 0.3 is 0 Å². The molecule has 0 bridgehead atoms. The van der Waals surface area contributed by atoms with Crippen molar-refractivity contribution in [2.24, 2.45) is 4.99 Å². The number of aliphatic imine (C=N–C) groups is 1. The lowest BCUT2D eigenvalue weighted by Gasteiger charge is -2.10. The highest BCUT2D eigenvalue weighted by Gasteiger charge is 2.31. The van der Waals surface area contributed by atoms with E-state index in [0.717, 1.165) is 10.6 Å². The fourth-order valence-corrected chi connectivity index (χ4v) is 4.61. The normalized spacial score (nSPS) is 17.2. The van der Waals surface area contributed by atoms with Crippen molar-refractivity contribution in [2.45, 2.75) is 29.7 Å². The van der Waals surface area contributed by atoms with E-state index in [-0.39, 0.29) is 16.6 Å². The lowest BCUT2D eigenvalue weighted by atomic mass is 10.2. The molecule has 1 atom stereocenters. The van der Waals surface area contributed by atoms with E-state index in [0.29, 0.717) is 12.1 Å². The summed E-state index contributed by atoms with van der Waals surface area (Å²) >= 11 is 1.66. The Morgan fingerprint density at radius 1 is 1.19 bits per heavy atom. The minimum absolute atomic E-state index is 0.186. The molecule has 0 saturated carbocycles. The molecule has 0 aromatic heterocycles. The average molecular weight is 404 g/mol. The number of aryl methyl sites for hydroxylation is 1. The second kappa shape index (κ2) is 8.14. The summed E-state index contributed by atoms with van der Waals surface area (Å²) in [5, 5.41) is 2.84. The van der Waals surface area contributed by atoms with Gasteiger partial charge in [0.15, 0.2) is 0 Å². The van der Waals surface area contributed by atoms with Crippen LogP contribution in [0.15, 0.2) is 63.3 Å². The number of amides is 1.